The van der Waals surface area contributed by atoms with Crippen molar-refractivity contribution in [2.75, 3.05) is 12.0 Å². The van der Waals surface area contributed by atoms with Gasteiger partial charge in [-0.15, -0.1) is 0 Å². The van der Waals surface area contributed by atoms with Gasteiger partial charge >= 0.3 is 0 Å². The van der Waals surface area contributed by atoms with Crippen molar-refractivity contribution in [1.29, 1.82) is 0 Å². The Hall–Kier alpha value is -3.08. The van der Waals surface area contributed by atoms with E-state index in [1.165, 1.54) is 6.33 Å². The van der Waals surface area contributed by atoms with Crippen LogP contribution in [0.2, 0.25) is 0 Å². The van der Waals surface area contributed by atoms with Crippen LogP contribution in [-0.2, 0) is 4.74 Å². The van der Waals surface area contributed by atoms with Gasteiger partial charge in [-0.1, -0.05) is 42.5 Å². The summed E-state index contributed by atoms with van der Waals surface area (Å²) in [5.41, 5.74) is 4.84. The largest absolute Gasteiger partial charge is 0.394 e. The van der Waals surface area contributed by atoms with E-state index >= 15 is 0 Å². The van der Waals surface area contributed by atoms with Crippen molar-refractivity contribution in [1.82, 2.24) is 14.5 Å². The van der Waals surface area contributed by atoms with Crippen molar-refractivity contribution < 1.29 is 20.1 Å². The van der Waals surface area contributed by atoms with Crippen LogP contribution in [0.25, 0.3) is 32.9 Å². The van der Waals surface area contributed by atoms with E-state index in [9.17, 15) is 15.3 Å². The van der Waals surface area contributed by atoms with Crippen LogP contribution in [0.15, 0.2) is 55.0 Å². The van der Waals surface area contributed by atoms with Crippen molar-refractivity contribution in [2.24, 2.45) is 5.84 Å². The van der Waals surface area contributed by atoms with Crippen LogP contribution in [-0.4, -0.2) is 54.8 Å². The molecule has 1 aliphatic rings. The molecule has 1 saturated heterocycles. The molecule has 9 heteroatoms. The minimum atomic E-state index is -1.23. The number of hydrogen-bond acceptors (Lipinski definition) is 8. The van der Waals surface area contributed by atoms with Crippen molar-refractivity contribution >= 4 is 27.6 Å². The van der Waals surface area contributed by atoms with Gasteiger partial charge in [0.05, 0.1) is 12.0 Å². The highest BCUT2D eigenvalue weighted by atomic mass is 16.6. The molecule has 0 aliphatic carbocycles. The number of aliphatic hydroxyl groups is 3. The van der Waals surface area contributed by atoms with Crippen LogP contribution in [0.4, 0.5) is 5.82 Å². The lowest BCUT2D eigenvalue weighted by molar-refractivity contribution is -0.0508. The summed E-state index contributed by atoms with van der Waals surface area (Å²) in [6, 6.07) is 14.0. The quantitative estimate of drug-likeness (QED) is 0.251. The fourth-order valence-corrected chi connectivity index (χ4v) is 4.16. The fourth-order valence-electron chi connectivity index (χ4n) is 4.16. The molecule has 4 atom stereocenters. The number of nitrogen functional groups attached to an aromatic ring is 1. The first-order valence-corrected chi connectivity index (χ1v) is 9.56. The number of nitrogens with two attached hydrogens (primary N) is 1. The molecule has 0 bridgehead atoms. The Labute approximate surface area is 171 Å². The molecule has 9 nitrogen and oxygen atoms in total. The molecular weight excluding hydrogens is 386 g/mol. The van der Waals surface area contributed by atoms with E-state index in [4.69, 9.17) is 10.6 Å². The highest BCUT2D eigenvalue weighted by Crippen LogP contribution is 2.40. The van der Waals surface area contributed by atoms with E-state index in [1.807, 2.05) is 48.7 Å². The summed E-state index contributed by atoms with van der Waals surface area (Å²) < 4.78 is 7.39. The van der Waals surface area contributed by atoms with Crippen LogP contribution in [0.5, 0.6) is 0 Å². The number of hydrazine groups is 1. The summed E-state index contributed by atoms with van der Waals surface area (Å²) in [5, 5.41) is 33.0. The normalized spacial score (nSPS) is 24.0. The minimum absolute atomic E-state index is 0.408. The van der Waals surface area contributed by atoms with E-state index in [1.54, 1.807) is 4.57 Å². The van der Waals surface area contributed by atoms with Gasteiger partial charge in [0.25, 0.3) is 0 Å². The molecule has 1 fully saturated rings. The summed E-state index contributed by atoms with van der Waals surface area (Å²) in [6.07, 6.45) is -1.10. The summed E-state index contributed by atoms with van der Waals surface area (Å²) in [6.45, 7) is -0.408. The van der Waals surface area contributed by atoms with Crippen molar-refractivity contribution in [3.05, 3.63) is 55.0 Å². The van der Waals surface area contributed by atoms with E-state index in [-0.39, 0.29) is 0 Å². The summed E-state index contributed by atoms with van der Waals surface area (Å²) in [5.74, 6) is 6.15. The van der Waals surface area contributed by atoms with Crippen molar-refractivity contribution in [3.8, 4) is 11.1 Å². The highest BCUT2D eigenvalue weighted by Gasteiger charge is 2.44. The first kappa shape index (κ1) is 18.9. The monoisotopic (exact) mass is 407 g/mol. The lowest BCUT2D eigenvalue weighted by Crippen LogP contribution is -2.33. The summed E-state index contributed by atoms with van der Waals surface area (Å²) in [7, 11) is 0. The second-order valence-electron chi connectivity index (χ2n) is 7.27. The molecule has 2 unspecified atom stereocenters. The van der Waals surface area contributed by atoms with E-state index in [0.29, 0.717) is 16.9 Å². The number of nitrogens with zero attached hydrogens (tertiary/aromatic N) is 3. The number of anilines is 1. The Morgan fingerprint density at radius 3 is 2.60 bits per heavy atom. The third-order valence-corrected chi connectivity index (χ3v) is 5.62. The zero-order valence-electron chi connectivity index (χ0n) is 15.9. The number of rotatable bonds is 4. The third kappa shape index (κ3) is 2.76. The Bertz CT molecular complexity index is 1220. The van der Waals surface area contributed by atoms with Crippen molar-refractivity contribution in [2.45, 2.75) is 24.5 Å². The van der Waals surface area contributed by atoms with Gasteiger partial charge in [0.2, 0.25) is 0 Å². The number of fused-ring (bicyclic) bond motifs is 2. The maximum Gasteiger partial charge on any atom is 0.164 e. The Morgan fingerprint density at radius 2 is 1.83 bits per heavy atom. The highest BCUT2D eigenvalue weighted by molar-refractivity contribution is 6.08. The molecule has 0 saturated carbocycles. The smallest absolute Gasteiger partial charge is 0.164 e. The topological polar surface area (TPSA) is 139 Å². The first-order valence-electron chi connectivity index (χ1n) is 9.56. The second kappa shape index (κ2) is 7.31. The van der Waals surface area contributed by atoms with Gasteiger partial charge in [-0.25, -0.2) is 15.8 Å². The summed E-state index contributed by atoms with van der Waals surface area (Å²) in [4.78, 5) is 8.64. The molecule has 30 heavy (non-hydrogen) atoms. The fraction of sp³-hybridized carbons (Fsp3) is 0.238. The Balaban J connectivity index is 1.78. The number of hydrogen-bond donors (Lipinski definition) is 5. The number of aromatic nitrogens is 3. The maximum atomic E-state index is 10.6. The zero-order chi connectivity index (χ0) is 20.8. The van der Waals surface area contributed by atoms with Gasteiger partial charge in [0.15, 0.2) is 12.0 Å². The van der Waals surface area contributed by atoms with Gasteiger partial charge in [-0.3, -0.25) is 0 Å². The molecule has 3 heterocycles. The molecule has 4 aromatic rings. The molecule has 0 radical (unpaired) electrons. The molecule has 154 valence electrons. The van der Waals surface area contributed by atoms with E-state index < -0.39 is 31.1 Å². The lowest BCUT2D eigenvalue weighted by atomic mass is 9.98. The number of nitrogens with one attached hydrogen (secondary N) is 1. The predicted octanol–water partition coefficient (Wildman–Crippen LogP) is 1.15. The third-order valence-electron chi connectivity index (χ3n) is 5.62. The van der Waals surface area contributed by atoms with Crippen LogP contribution in [0.1, 0.15) is 6.23 Å². The average molecular weight is 407 g/mol. The average Bonchev–Trinajstić information content (AvgIpc) is 3.31. The van der Waals surface area contributed by atoms with Gasteiger partial charge in [-0.2, -0.15) is 0 Å². The Morgan fingerprint density at radius 1 is 1.03 bits per heavy atom. The van der Waals surface area contributed by atoms with Crippen molar-refractivity contribution in [3.63, 3.8) is 0 Å². The molecule has 2 aromatic carbocycles. The molecule has 5 rings (SSSR count). The number of aliphatic hydroxyl groups excluding tert-OH is 3. The SMILES string of the molecule is NNc1ncnc2c1c(-c1cccc3ccccc13)cn2[C@@H]1O[C@H](CO)C(O)C1O. The second-order valence-corrected chi connectivity index (χ2v) is 7.27. The van der Waals surface area contributed by atoms with Gasteiger partial charge in [-0.05, 0) is 16.3 Å². The molecule has 1 aliphatic heterocycles. The van der Waals surface area contributed by atoms with Crippen LogP contribution in [0, 0.1) is 0 Å². The molecular formula is C21H21N5O4. The Kier molecular flexibility index (Phi) is 4.61. The predicted molar refractivity (Wildman–Crippen MR) is 111 cm³/mol. The van der Waals surface area contributed by atoms with Crippen LogP contribution in [0.3, 0.4) is 0 Å². The standard InChI is InChI=1S/C21H21N5O4/c22-25-19-16-14(13-7-3-5-11-4-1-2-6-12(11)13)8-26(20(16)24-10-23-19)21-18(29)17(28)15(9-27)30-21/h1-8,10,15,17-18,21,27-29H,9,22H2,(H,23,24,25)/t15-,17?,18?,21-/m1/s1. The first-order chi connectivity index (χ1) is 14.6. The van der Waals surface area contributed by atoms with Gasteiger partial charge < -0.3 is 30.0 Å². The lowest BCUT2D eigenvalue weighted by Gasteiger charge is -2.17. The molecule has 0 spiro atoms. The zero-order valence-corrected chi connectivity index (χ0v) is 15.9. The molecule has 2 aromatic heterocycles. The molecule has 6 N–H and O–H groups in total. The van der Waals surface area contributed by atoms with Gasteiger partial charge in [0, 0.05) is 11.8 Å². The van der Waals surface area contributed by atoms with Crippen LogP contribution < -0.4 is 11.3 Å². The van der Waals surface area contributed by atoms with E-state index in [0.717, 1.165) is 21.9 Å². The maximum absolute atomic E-state index is 10.6. The van der Waals surface area contributed by atoms with E-state index in [2.05, 4.69) is 15.4 Å². The minimum Gasteiger partial charge on any atom is -0.394 e. The number of ether oxygens (including phenoxy) is 1. The number of benzene rings is 2. The summed E-state index contributed by atoms with van der Waals surface area (Å²) >= 11 is 0. The molecule has 0 amide bonds. The van der Waals surface area contributed by atoms with Gasteiger partial charge in [0.1, 0.15) is 30.3 Å². The van der Waals surface area contributed by atoms with Crippen LogP contribution >= 0.6 is 0 Å².